The van der Waals surface area contributed by atoms with E-state index in [-0.39, 0.29) is 11.4 Å². The smallest absolute Gasteiger partial charge is 0.336 e. The number of hydrogen-bond donors (Lipinski definition) is 3. The Balaban J connectivity index is 2.07. The highest BCUT2D eigenvalue weighted by molar-refractivity contribution is 5.95. The highest BCUT2D eigenvalue weighted by Crippen LogP contribution is 2.16. The van der Waals surface area contributed by atoms with Crippen LogP contribution in [0.4, 0.5) is 0 Å². The van der Waals surface area contributed by atoms with Gasteiger partial charge in [0.05, 0.1) is 5.56 Å². The lowest BCUT2D eigenvalue weighted by molar-refractivity contribution is -0.128. The Labute approximate surface area is 138 Å². The Morgan fingerprint density at radius 1 is 1.00 bits per heavy atom. The van der Waals surface area contributed by atoms with Crippen molar-refractivity contribution >= 4 is 23.3 Å². The molecule has 4 N–H and O–H groups in total. The average Bonchev–Trinajstić information content (AvgIpc) is 2.55. The minimum Gasteiger partial charge on any atom is -0.478 e. The van der Waals surface area contributed by atoms with E-state index >= 15 is 0 Å². The summed E-state index contributed by atoms with van der Waals surface area (Å²) in [5, 5.41) is 16.2. The summed E-state index contributed by atoms with van der Waals surface area (Å²) >= 11 is 0. The van der Waals surface area contributed by atoms with Gasteiger partial charge in [0.2, 0.25) is 0 Å². The van der Waals surface area contributed by atoms with Gasteiger partial charge in [0.1, 0.15) is 11.6 Å². The molecule has 0 saturated carbocycles. The normalized spacial score (nSPS) is 11.0. The topological polar surface area (TPSA) is 113 Å². The molecule has 2 aromatic rings. The summed E-state index contributed by atoms with van der Waals surface area (Å²) < 4.78 is 5.18. The van der Waals surface area contributed by atoms with Crippen molar-refractivity contribution in [2.24, 2.45) is 5.73 Å². The molecule has 0 fully saturated rings. The number of carbonyl (C=O) groups is 2. The fourth-order valence-corrected chi connectivity index (χ4v) is 1.98. The number of allylic oxidation sites excluding steroid dienone is 1. The number of rotatable bonds is 5. The van der Waals surface area contributed by atoms with Gasteiger partial charge in [-0.3, -0.25) is 5.41 Å². The van der Waals surface area contributed by atoms with Gasteiger partial charge in [0.15, 0.2) is 0 Å². The summed E-state index contributed by atoms with van der Waals surface area (Å²) in [5.41, 5.74) is 7.45. The molecule has 0 heterocycles. The predicted molar refractivity (Wildman–Crippen MR) is 90.1 cm³/mol. The molecule has 0 bridgehead atoms. The van der Waals surface area contributed by atoms with Crippen LogP contribution in [0.2, 0.25) is 0 Å². The van der Waals surface area contributed by atoms with E-state index in [4.69, 9.17) is 21.0 Å². The fraction of sp³-hybridized carbons (Fsp3) is 0.0556. The molecule has 0 aliphatic rings. The molecule has 0 radical (unpaired) electrons. The minimum absolute atomic E-state index is 0.0616. The minimum atomic E-state index is -1.00. The molecule has 6 heteroatoms. The van der Waals surface area contributed by atoms with Crippen LogP contribution >= 0.6 is 0 Å². The van der Waals surface area contributed by atoms with Gasteiger partial charge in [-0.15, -0.1) is 0 Å². The second kappa shape index (κ2) is 7.23. The monoisotopic (exact) mass is 324 g/mol. The number of benzene rings is 2. The molecule has 6 nitrogen and oxygen atoms in total. The van der Waals surface area contributed by atoms with Crippen LogP contribution in [0.3, 0.4) is 0 Å². The molecule has 2 aromatic carbocycles. The van der Waals surface area contributed by atoms with Crippen LogP contribution in [-0.4, -0.2) is 22.9 Å². The van der Waals surface area contributed by atoms with Gasteiger partial charge in [-0.05, 0) is 54.5 Å². The second-order valence-electron chi connectivity index (χ2n) is 5.07. The molecule has 0 amide bonds. The lowest BCUT2D eigenvalue weighted by Crippen LogP contribution is -2.11. The van der Waals surface area contributed by atoms with E-state index in [1.54, 1.807) is 43.3 Å². The molecule has 0 aliphatic heterocycles. The van der Waals surface area contributed by atoms with Crippen molar-refractivity contribution in [1.29, 1.82) is 5.41 Å². The Hall–Kier alpha value is -3.41. The van der Waals surface area contributed by atoms with Crippen LogP contribution in [0.5, 0.6) is 5.75 Å². The molecular weight excluding hydrogens is 308 g/mol. The standard InChI is InChI=1S/C18H16N2O4/c1-11(12-2-4-14(5-3-12)18(22)23)10-16(21)24-15-8-6-13(7-9-15)17(19)20/h2-10H,1H3,(H3,19,20)(H,22,23). The first-order valence-electron chi connectivity index (χ1n) is 7.05. The zero-order valence-electron chi connectivity index (χ0n) is 12.9. The number of carboxylic acids is 1. The van der Waals surface area contributed by atoms with Gasteiger partial charge in [-0.2, -0.15) is 0 Å². The first kappa shape index (κ1) is 17.0. The Kier molecular flexibility index (Phi) is 5.11. The van der Waals surface area contributed by atoms with Crippen molar-refractivity contribution in [3.63, 3.8) is 0 Å². The van der Waals surface area contributed by atoms with Crippen molar-refractivity contribution in [3.05, 3.63) is 71.3 Å². The molecule has 2 rings (SSSR count). The van der Waals surface area contributed by atoms with Gasteiger partial charge in [-0.1, -0.05) is 12.1 Å². The SMILES string of the molecule is CC(=CC(=O)Oc1ccc(C(=N)N)cc1)c1ccc(C(=O)O)cc1. The Bertz CT molecular complexity index is 806. The van der Waals surface area contributed by atoms with E-state index < -0.39 is 11.9 Å². The first-order chi connectivity index (χ1) is 11.4. The zero-order chi connectivity index (χ0) is 17.7. The lowest BCUT2D eigenvalue weighted by atomic mass is 10.1. The van der Waals surface area contributed by atoms with Gasteiger partial charge >= 0.3 is 11.9 Å². The maximum atomic E-state index is 11.9. The third kappa shape index (κ3) is 4.30. The summed E-state index contributed by atoms with van der Waals surface area (Å²) in [7, 11) is 0. The first-order valence-corrected chi connectivity index (χ1v) is 7.05. The van der Waals surface area contributed by atoms with E-state index in [2.05, 4.69) is 0 Å². The number of nitrogens with one attached hydrogen (secondary N) is 1. The number of nitrogens with two attached hydrogens (primary N) is 1. The molecule has 0 atom stereocenters. The molecule has 0 unspecified atom stereocenters. The van der Waals surface area contributed by atoms with E-state index in [9.17, 15) is 9.59 Å². The van der Waals surface area contributed by atoms with Gasteiger partial charge in [-0.25, -0.2) is 9.59 Å². The maximum absolute atomic E-state index is 11.9. The number of carboxylic acid groups (broad SMARTS) is 1. The molecule has 24 heavy (non-hydrogen) atoms. The number of amidine groups is 1. The van der Waals surface area contributed by atoms with E-state index in [1.807, 2.05) is 0 Å². The van der Waals surface area contributed by atoms with Crippen molar-refractivity contribution in [2.45, 2.75) is 6.92 Å². The third-order valence-corrected chi connectivity index (χ3v) is 3.31. The quantitative estimate of drug-likeness (QED) is 0.257. The van der Waals surface area contributed by atoms with Crippen LogP contribution in [-0.2, 0) is 4.79 Å². The lowest BCUT2D eigenvalue weighted by Gasteiger charge is -2.05. The van der Waals surface area contributed by atoms with E-state index in [0.717, 1.165) is 5.56 Å². The van der Waals surface area contributed by atoms with Gasteiger partial charge in [0, 0.05) is 11.6 Å². The Morgan fingerprint density at radius 2 is 1.50 bits per heavy atom. The number of esters is 1. The molecule has 0 aliphatic carbocycles. The number of ether oxygens (including phenoxy) is 1. The van der Waals surface area contributed by atoms with Crippen molar-refractivity contribution in [1.82, 2.24) is 0 Å². The van der Waals surface area contributed by atoms with Crippen LogP contribution in [0.15, 0.2) is 54.6 Å². The van der Waals surface area contributed by atoms with Gasteiger partial charge < -0.3 is 15.6 Å². The van der Waals surface area contributed by atoms with Crippen molar-refractivity contribution in [3.8, 4) is 5.75 Å². The summed E-state index contributed by atoms with van der Waals surface area (Å²) in [6, 6.07) is 12.5. The molecule has 122 valence electrons. The number of hydrogen-bond acceptors (Lipinski definition) is 4. The van der Waals surface area contributed by atoms with Crippen molar-refractivity contribution < 1.29 is 19.4 Å². The number of carbonyl (C=O) groups excluding carboxylic acids is 1. The summed E-state index contributed by atoms with van der Waals surface area (Å²) in [6.45, 7) is 1.73. The van der Waals surface area contributed by atoms with E-state index in [1.165, 1.54) is 18.2 Å². The molecular formula is C18H16N2O4. The third-order valence-electron chi connectivity index (χ3n) is 3.31. The number of aromatic carboxylic acids is 1. The zero-order valence-corrected chi connectivity index (χ0v) is 12.9. The largest absolute Gasteiger partial charge is 0.478 e. The van der Waals surface area contributed by atoms with Crippen molar-refractivity contribution in [2.75, 3.05) is 0 Å². The van der Waals surface area contributed by atoms with Crippen LogP contribution in [0.25, 0.3) is 5.57 Å². The highest BCUT2D eigenvalue weighted by atomic mass is 16.5. The average molecular weight is 324 g/mol. The van der Waals surface area contributed by atoms with Crippen LogP contribution in [0, 0.1) is 5.41 Å². The highest BCUT2D eigenvalue weighted by Gasteiger charge is 2.06. The van der Waals surface area contributed by atoms with Crippen LogP contribution in [0.1, 0.15) is 28.4 Å². The predicted octanol–water partition coefficient (Wildman–Crippen LogP) is 2.68. The number of nitrogen functional groups attached to an aromatic ring is 1. The molecule has 0 spiro atoms. The summed E-state index contributed by atoms with van der Waals surface area (Å²) in [4.78, 5) is 22.7. The van der Waals surface area contributed by atoms with Gasteiger partial charge in [0.25, 0.3) is 0 Å². The Morgan fingerprint density at radius 3 is 2.00 bits per heavy atom. The van der Waals surface area contributed by atoms with Crippen LogP contribution < -0.4 is 10.5 Å². The second-order valence-corrected chi connectivity index (χ2v) is 5.07. The van der Waals surface area contributed by atoms with E-state index in [0.29, 0.717) is 16.9 Å². The molecule has 0 saturated heterocycles. The molecule has 0 aromatic heterocycles. The fourth-order valence-electron chi connectivity index (χ4n) is 1.98. The summed E-state index contributed by atoms with van der Waals surface area (Å²) in [6.07, 6.45) is 1.33. The maximum Gasteiger partial charge on any atom is 0.336 e. The summed E-state index contributed by atoms with van der Waals surface area (Å²) in [5.74, 6) is -1.27.